The third kappa shape index (κ3) is 6.56. The molecule has 34 heavy (non-hydrogen) atoms. The summed E-state index contributed by atoms with van der Waals surface area (Å²) in [7, 11) is -4.03. The van der Waals surface area contributed by atoms with Crippen LogP contribution in [0.5, 0.6) is 5.75 Å². The molecule has 0 bridgehead atoms. The van der Waals surface area contributed by atoms with Gasteiger partial charge in [-0.3, -0.25) is 10.0 Å². The normalized spacial score (nSPS) is 21.2. The molecule has 2 aromatic rings. The topological polar surface area (TPSA) is 116 Å². The third-order valence-corrected chi connectivity index (χ3v) is 8.23. The molecule has 2 atom stereocenters. The Balaban J connectivity index is 1.71. The predicted molar refractivity (Wildman–Crippen MR) is 128 cm³/mol. The Morgan fingerprint density at radius 2 is 1.82 bits per heavy atom. The van der Waals surface area contributed by atoms with Gasteiger partial charge in [0.15, 0.2) is 0 Å². The number of aliphatic hydroxyl groups is 1. The molecule has 1 aliphatic heterocycles. The van der Waals surface area contributed by atoms with Gasteiger partial charge in [-0.25, -0.2) is 13.9 Å². The lowest BCUT2D eigenvalue weighted by Gasteiger charge is -2.42. The van der Waals surface area contributed by atoms with Crippen LogP contribution in [0.25, 0.3) is 0 Å². The van der Waals surface area contributed by atoms with Crippen LogP contribution in [-0.4, -0.2) is 47.1 Å². The van der Waals surface area contributed by atoms with E-state index in [-0.39, 0.29) is 24.3 Å². The highest BCUT2D eigenvalue weighted by Crippen LogP contribution is 2.35. The van der Waals surface area contributed by atoms with Crippen molar-refractivity contribution in [2.24, 2.45) is 0 Å². The summed E-state index contributed by atoms with van der Waals surface area (Å²) in [5.74, 6) is -0.328. The molecule has 8 nitrogen and oxygen atoms in total. The lowest BCUT2D eigenvalue weighted by molar-refractivity contribution is -0.138. The molecule has 1 fully saturated rings. The van der Waals surface area contributed by atoms with Crippen molar-refractivity contribution in [2.45, 2.75) is 75.0 Å². The Kier molecular flexibility index (Phi) is 9.07. The maximum Gasteiger partial charge on any atom is 0.261 e. The zero-order chi connectivity index (χ0) is 24.6. The summed E-state index contributed by atoms with van der Waals surface area (Å²) in [4.78, 5) is 12.4. The van der Waals surface area contributed by atoms with E-state index in [1.54, 1.807) is 17.6 Å². The molecule has 0 radical (unpaired) electrons. The molecule has 3 rings (SSSR count). The Morgan fingerprint density at radius 1 is 1.12 bits per heavy atom. The summed E-state index contributed by atoms with van der Waals surface area (Å²) in [5.41, 5.74) is 1.41. The minimum atomic E-state index is -4.03. The summed E-state index contributed by atoms with van der Waals surface area (Å²) in [6.07, 6.45) is 4.54. The number of hydroxylamine groups is 1. The Morgan fingerprint density at radius 3 is 2.47 bits per heavy atom. The van der Waals surface area contributed by atoms with Crippen molar-refractivity contribution in [3.8, 4) is 5.75 Å². The minimum absolute atomic E-state index is 0.0169. The van der Waals surface area contributed by atoms with Crippen LogP contribution < -0.4 is 10.2 Å². The predicted octanol–water partition coefficient (Wildman–Crippen LogP) is 3.63. The number of carbonyl (C=O) groups is 1. The number of amides is 1. The molecule has 1 unspecified atom stereocenters. The molecule has 0 spiro atoms. The van der Waals surface area contributed by atoms with Gasteiger partial charge >= 0.3 is 0 Å². The van der Waals surface area contributed by atoms with Gasteiger partial charge in [0.2, 0.25) is 10.0 Å². The first kappa shape index (κ1) is 26.2. The fourth-order valence-corrected chi connectivity index (χ4v) is 5.90. The number of sulfonamides is 1. The van der Waals surface area contributed by atoms with Crippen molar-refractivity contribution in [1.29, 1.82) is 0 Å². The Labute approximate surface area is 201 Å². The molecule has 3 N–H and O–H groups in total. The largest absolute Gasteiger partial charge is 0.489 e. The monoisotopic (exact) mass is 490 g/mol. The average molecular weight is 491 g/mol. The maximum absolute atomic E-state index is 13.4. The van der Waals surface area contributed by atoms with Gasteiger partial charge in [-0.1, -0.05) is 62.9 Å². The van der Waals surface area contributed by atoms with Gasteiger partial charge in [0.1, 0.15) is 18.4 Å². The first-order chi connectivity index (χ1) is 16.3. The second-order valence-electron chi connectivity index (χ2n) is 8.84. The molecule has 2 aromatic carbocycles. The van der Waals surface area contributed by atoms with Crippen molar-refractivity contribution in [3.05, 3.63) is 60.2 Å². The molecule has 0 aromatic heterocycles. The summed E-state index contributed by atoms with van der Waals surface area (Å²) in [6, 6.07) is 14.4. The highest BCUT2D eigenvalue weighted by Gasteiger charge is 2.46. The number of piperidine rings is 1. The van der Waals surface area contributed by atoms with E-state index in [0.717, 1.165) is 35.6 Å². The molecular formula is C25H34N2O6S. The van der Waals surface area contributed by atoms with Crippen LogP contribution >= 0.6 is 0 Å². The van der Waals surface area contributed by atoms with Crippen LogP contribution in [0.15, 0.2) is 59.5 Å². The number of unbranched alkanes of at least 4 members (excludes halogenated alkanes) is 3. The Hall–Kier alpha value is -2.46. The second-order valence-corrected chi connectivity index (χ2v) is 10.7. The highest BCUT2D eigenvalue weighted by molar-refractivity contribution is 7.89. The molecule has 1 heterocycles. The van der Waals surface area contributed by atoms with Gasteiger partial charge in [-0.2, -0.15) is 4.31 Å². The van der Waals surface area contributed by atoms with E-state index in [9.17, 15) is 23.5 Å². The maximum atomic E-state index is 13.4. The molecular weight excluding hydrogens is 456 g/mol. The number of hydrogen-bond acceptors (Lipinski definition) is 6. The fourth-order valence-electron chi connectivity index (χ4n) is 4.32. The second kappa shape index (κ2) is 11.8. The Bertz CT molecular complexity index is 1030. The SMILES string of the molecule is CCCCCCC1(O)CCN(S(=O)(=O)c2ccc(OCc3ccccc3)cc2)[C@@H](C(=O)NO)C1. The smallest absolute Gasteiger partial charge is 0.261 e. The number of ether oxygens (including phenoxy) is 1. The van der Waals surface area contributed by atoms with E-state index in [0.29, 0.717) is 18.8 Å². The number of carbonyl (C=O) groups excluding carboxylic acids is 1. The van der Waals surface area contributed by atoms with Gasteiger partial charge in [-0.15, -0.1) is 0 Å². The van der Waals surface area contributed by atoms with Crippen molar-refractivity contribution >= 4 is 15.9 Å². The molecule has 1 aliphatic rings. The summed E-state index contributed by atoms with van der Waals surface area (Å²) in [6.45, 7) is 2.44. The van der Waals surface area contributed by atoms with Crippen molar-refractivity contribution in [1.82, 2.24) is 9.79 Å². The fraction of sp³-hybridized carbons (Fsp3) is 0.480. The lowest BCUT2D eigenvalue weighted by atomic mass is 9.83. The first-order valence-corrected chi connectivity index (χ1v) is 13.2. The van der Waals surface area contributed by atoms with Crippen LogP contribution in [0.3, 0.4) is 0 Å². The van der Waals surface area contributed by atoms with Crippen LogP contribution in [0.1, 0.15) is 57.4 Å². The van der Waals surface area contributed by atoms with Gasteiger partial charge in [0, 0.05) is 13.0 Å². The van der Waals surface area contributed by atoms with Crippen molar-refractivity contribution in [2.75, 3.05) is 6.54 Å². The number of nitrogens with zero attached hydrogens (tertiary/aromatic N) is 1. The lowest BCUT2D eigenvalue weighted by Crippen LogP contribution is -2.57. The molecule has 1 saturated heterocycles. The van der Waals surface area contributed by atoms with Crippen LogP contribution in [0.4, 0.5) is 0 Å². The van der Waals surface area contributed by atoms with Crippen LogP contribution in [-0.2, 0) is 21.4 Å². The zero-order valence-corrected chi connectivity index (χ0v) is 20.3. The van der Waals surface area contributed by atoms with Gasteiger partial charge < -0.3 is 9.84 Å². The van der Waals surface area contributed by atoms with E-state index in [1.807, 2.05) is 30.3 Å². The van der Waals surface area contributed by atoms with Crippen molar-refractivity contribution < 1.29 is 28.3 Å². The van der Waals surface area contributed by atoms with E-state index < -0.39 is 27.6 Å². The van der Waals surface area contributed by atoms with E-state index in [2.05, 4.69) is 6.92 Å². The summed E-state index contributed by atoms with van der Waals surface area (Å²) >= 11 is 0. The standard InChI is InChI=1S/C25H34N2O6S/c1-2-3-4-8-15-25(29)16-17-27(23(18-25)24(28)26-30)34(31,32)22-13-11-21(12-14-22)33-19-20-9-6-5-7-10-20/h5-7,9-14,23,29-30H,2-4,8,15-19H2,1H3,(H,26,28)/t23-,25?/m1/s1. The number of rotatable bonds is 11. The van der Waals surface area contributed by atoms with Gasteiger partial charge in [-0.05, 0) is 42.7 Å². The molecule has 186 valence electrons. The van der Waals surface area contributed by atoms with E-state index in [1.165, 1.54) is 12.1 Å². The van der Waals surface area contributed by atoms with Crippen LogP contribution in [0, 0.1) is 0 Å². The van der Waals surface area contributed by atoms with E-state index in [4.69, 9.17) is 4.74 Å². The third-order valence-electron chi connectivity index (χ3n) is 6.31. The quantitative estimate of drug-likeness (QED) is 0.252. The molecule has 9 heteroatoms. The number of benzene rings is 2. The molecule has 0 saturated carbocycles. The van der Waals surface area contributed by atoms with Gasteiger partial charge in [0.25, 0.3) is 5.91 Å². The molecule has 0 aliphatic carbocycles. The van der Waals surface area contributed by atoms with Crippen LogP contribution in [0.2, 0.25) is 0 Å². The zero-order valence-electron chi connectivity index (χ0n) is 19.5. The van der Waals surface area contributed by atoms with Crippen molar-refractivity contribution in [3.63, 3.8) is 0 Å². The number of hydrogen-bond donors (Lipinski definition) is 3. The first-order valence-electron chi connectivity index (χ1n) is 11.7. The molecule has 1 amide bonds. The summed E-state index contributed by atoms with van der Waals surface area (Å²) < 4.78 is 33.5. The minimum Gasteiger partial charge on any atom is -0.489 e. The van der Waals surface area contributed by atoms with Gasteiger partial charge in [0.05, 0.1) is 10.5 Å². The van der Waals surface area contributed by atoms with E-state index >= 15 is 0 Å². The number of nitrogens with one attached hydrogen (secondary N) is 1. The average Bonchev–Trinajstić information content (AvgIpc) is 2.85. The highest BCUT2D eigenvalue weighted by atomic mass is 32.2. The summed E-state index contributed by atoms with van der Waals surface area (Å²) in [5, 5.41) is 20.3.